The predicted octanol–water partition coefficient (Wildman–Crippen LogP) is 4.81. The molecule has 0 bridgehead atoms. The fourth-order valence-electron chi connectivity index (χ4n) is 3.86. The van der Waals surface area contributed by atoms with Gasteiger partial charge >= 0.3 is 6.18 Å². The summed E-state index contributed by atoms with van der Waals surface area (Å²) in [5.41, 5.74) is -0.768. The van der Waals surface area contributed by atoms with E-state index >= 15 is 0 Å². The van der Waals surface area contributed by atoms with Crippen molar-refractivity contribution < 1.29 is 22.3 Å². The number of benzene rings is 1. The standard InChI is InChI=1S/C22H21F4N5O.ClH/c1-31-18-11-16(29-13-17(18)30-20(31)12-27)14-2-3-19(15(10-14)22(24,25)26)32-9-6-21(23)4-7-28-8-5-21;/h2-3,10-11,13,28H,4-9H2,1H3;1H. The molecule has 0 saturated carbocycles. The molecule has 1 aliphatic heterocycles. The van der Waals surface area contributed by atoms with Crippen LogP contribution in [0, 0.1) is 11.3 Å². The number of nitrogens with zero attached hydrogens (tertiary/aromatic N) is 4. The summed E-state index contributed by atoms with van der Waals surface area (Å²) in [6, 6.07) is 7.23. The molecule has 4 rings (SSSR count). The van der Waals surface area contributed by atoms with Gasteiger partial charge in [0.05, 0.1) is 29.6 Å². The lowest BCUT2D eigenvalue weighted by Gasteiger charge is -2.30. The number of fused-ring (bicyclic) bond motifs is 1. The van der Waals surface area contributed by atoms with Crippen LogP contribution in [0.25, 0.3) is 22.3 Å². The minimum absolute atomic E-state index is 0. The summed E-state index contributed by atoms with van der Waals surface area (Å²) in [6.45, 7) is 0.945. The Kier molecular flexibility index (Phi) is 7.14. The fourth-order valence-corrected chi connectivity index (χ4v) is 3.86. The fraction of sp³-hybridized carbons (Fsp3) is 0.409. The van der Waals surface area contributed by atoms with Gasteiger partial charge in [0.25, 0.3) is 0 Å². The number of aryl methyl sites for hydroxylation is 1. The van der Waals surface area contributed by atoms with Crippen molar-refractivity contribution in [3.8, 4) is 23.1 Å². The quantitative estimate of drug-likeness (QED) is 0.527. The molecule has 0 radical (unpaired) electrons. The van der Waals surface area contributed by atoms with Gasteiger partial charge in [0.15, 0.2) is 0 Å². The van der Waals surface area contributed by atoms with Crippen molar-refractivity contribution in [3.05, 3.63) is 41.9 Å². The summed E-state index contributed by atoms with van der Waals surface area (Å²) < 4.78 is 62.8. The van der Waals surface area contributed by atoms with E-state index in [1.165, 1.54) is 18.3 Å². The number of imidazole rings is 1. The maximum Gasteiger partial charge on any atom is 0.419 e. The van der Waals surface area contributed by atoms with Crippen molar-refractivity contribution in [1.82, 2.24) is 19.9 Å². The molecule has 6 nitrogen and oxygen atoms in total. The summed E-state index contributed by atoms with van der Waals surface area (Å²) in [6.07, 6.45) is -2.57. The highest BCUT2D eigenvalue weighted by Crippen LogP contribution is 2.39. The second-order valence-electron chi connectivity index (χ2n) is 7.87. The molecular weight excluding hydrogens is 462 g/mol. The van der Waals surface area contributed by atoms with Crippen LogP contribution in [0.1, 0.15) is 30.7 Å². The Balaban J connectivity index is 0.00000306. The van der Waals surface area contributed by atoms with E-state index in [-0.39, 0.29) is 42.6 Å². The van der Waals surface area contributed by atoms with Crippen LogP contribution in [-0.2, 0) is 13.2 Å². The number of hydrogen-bond donors (Lipinski definition) is 1. The molecule has 176 valence electrons. The van der Waals surface area contributed by atoms with Gasteiger partial charge in [-0.15, -0.1) is 12.4 Å². The number of halogens is 5. The maximum absolute atomic E-state index is 14.7. The van der Waals surface area contributed by atoms with Gasteiger partial charge in [-0.25, -0.2) is 9.37 Å². The molecule has 3 aromatic rings. The molecule has 1 aromatic carbocycles. The summed E-state index contributed by atoms with van der Waals surface area (Å²) >= 11 is 0. The number of piperidine rings is 1. The maximum atomic E-state index is 14.7. The number of rotatable bonds is 5. The third kappa shape index (κ3) is 5.20. The first-order chi connectivity index (χ1) is 15.2. The van der Waals surface area contributed by atoms with E-state index in [0.29, 0.717) is 42.7 Å². The van der Waals surface area contributed by atoms with Gasteiger partial charge in [0.1, 0.15) is 23.0 Å². The third-order valence-electron chi connectivity index (χ3n) is 5.76. The van der Waals surface area contributed by atoms with Gasteiger partial charge < -0.3 is 14.6 Å². The van der Waals surface area contributed by atoms with Crippen molar-refractivity contribution in [2.75, 3.05) is 19.7 Å². The molecule has 1 aliphatic rings. The molecule has 1 saturated heterocycles. The van der Waals surface area contributed by atoms with Crippen LogP contribution in [-0.4, -0.2) is 39.9 Å². The highest BCUT2D eigenvalue weighted by Gasteiger charge is 2.36. The average molecular weight is 484 g/mol. The molecule has 0 unspecified atom stereocenters. The minimum Gasteiger partial charge on any atom is -0.493 e. The van der Waals surface area contributed by atoms with Gasteiger partial charge in [-0.1, -0.05) is 0 Å². The molecule has 11 heteroatoms. The summed E-state index contributed by atoms with van der Waals surface area (Å²) in [5, 5.41) is 12.2. The molecule has 33 heavy (non-hydrogen) atoms. The molecule has 0 spiro atoms. The Morgan fingerprint density at radius 2 is 1.97 bits per heavy atom. The Morgan fingerprint density at radius 1 is 1.24 bits per heavy atom. The van der Waals surface area contributed by atoms with Crippen molar-refractivity contribution in [2.24, 2.45) is 7.05 Å². The first-order valence-electron chi connectivity index (χ1n) is 10.2. The van der Waals surface area contributed by atoms with Crippen LogP contribution in [0.3, 0.4) is 0 Å². The number of hydrogen-bond acceptors (Lipinski definition) is 5. The topological polar surface area (TPSA) is 75.8 Å². The number of nitriles is 1. The van der Waals surface area contributed by atoms with E-state index in [2.05, 4.69) is 15.3 Å². The van der Waals surface area contributed by atoms with E-state index in [0.717, 1.165) is 6.07 Å². The largest absolute Gasteiger partial charge is 0.493 e. The monoisotopic (exact) mass is 483 g/mol. The SMILES string of the molecule is Cl.Cn1c(C#N)nc2cnc(-c3ccc(OCCC4(F)CCNCC4)c(C(F)(F)F)c3)cc21. The van der Waals surface area contributed by atoms with Crippen LogP contribution < -0.4 is 10.1 Å². The number of alkyl halides is 4. The van der Waals surface area contributed by atoms with E-state index in [1.807, 2.05) is 6.07 Å². The summed E-state index contributed by atoms with van der Waals surface area (Å²) in [7, 11) is 1.65. The highest BCUT2D eigenvalue weighted by molar-refractivity contribution is 5.85. The number of ether oxygens (including phenoxy) is 1. The van der Waals surface area contributed by atoms with Gasteiger partial charge in [-0.2, -0.15) is 18.4 Å². The molecular formula is C22H22ClF4N5O. The number of pyridine rings is 1. The first-order valence-corrected chi connectivity index (χ1v) is 10.2. The number of nitrogens with one attached hydrogen (secondary N) is 1. The Hall–Kier alpha value is -2.90. The Labute approximate surface area is 194 Å². The van der Waals surface area contributed by atoms with Gasteiger partial charge in [-0.3, -0.25) is 4.98 Å². The van der Waals surface area contributed by atoms with E-state index in [9.17, 15) is 17.6 Å². The molecule has 1 fully saturated rings. The molecule has 0 atom stereocenters. The van der Waals surface area contributed by atoms with Gasteiger partial charge in [-0.05, 0) is 50.2 Å². The third-order valence-corrected chi connectivity index (χ3v) is 5.76. The lowest BCUT2D eigenvalue weighted by atomic mass is 9.91. The Morgan fingerprint density at radius 3 is 2.64 bits per heavy atom. The van der Waals surface area contributed by atoms with Gasteiger partial charge in [0, 0.05) is 19.0 Å². The summed E-state index contributed by atoms with van der Waals surface area (Å²) in [5.74, 6) is -0.162. The second kappa shape index (κ2) is 9.53. The molecule has 2 aromatic heterocycles. The molecule has 1 N–H and O–H groups in total. The smallest absolute Gasteiger partial charge is 0.419 e. The zero-order valence-corrected chi connectivity index (χ0v) is 18.6. The minimum atomic E-state index is -4.65. The van der Waals surface area contributed by atoms with Gasteiger partial charge in [0.2, 0.25) is 5.82 Å². The first kappa shape index (κ1) is 24.7. The van der Waals surface area contributed by atoms with Crippen LogP contribution in [0.15, 0.2) is 30.5 Å². The number of aromatic nitrogens is 3. The summed E-state index contributed by atoms with van der Waals surface area (Å²) in [4.78, 5) is 8.32. The van der Waals surface area contributed by atoms with E-state index in [4.69, 9.17) is 10.00 Å². The van der Waals surface area contributed by atoms with Crippen LogP contribution in [0.4, 0.5) is 17.6 Å². The van der Waals surface area contributed by atoms with Crippen LogP contribution in [0.2, 0.25) is 0 Å². The molecule has 0 aliphatic carbocycles. The van der Waals surface area contributed by atoms with Crippen LogP contribution >= 0.6 is 12.4 Å². The molecule has 0 amide bonds. The second-order valence-corrected chi connectivity index (χ2v) is 7.87. The van der Waals surface area contributed by atoms with Crippen molar-refractivity contribution in [3.63, 3.8) is 0 Å². The zero-order chi connectivity index (χ0) is 22.9. The highest BCUT2D eigenvalue weighted by atomic mass is 35.5. The zero-order valence-electron chi connectivity index (χ0n) is 17.7. The van der Waals surface area contributed by atoms with Crippen molar-refractivity contribution in [2.45, 2.75) is 31.1 Å². The lowest BCUT2D eigenvalue weighted by molar-refractivity contribution is -0.139. The van der Waals surface area contributed by atoms with Crippen molar-refractivity contribution >= 4 is 23.4 Å². The average Bonchev–Trinajstić information content (AvgIpc) is 3.09. The molecule has 3 heterocycles. The lowest BCUT2D eigenvalue weighted by Crippen LogP contribution is -2.39. The van der Waals surface area contributed by atoms with Crippen molar-refractivity contribution in [1.29, 1.82) is 5.26 Å². The Bertz CT molecular complexity index is 1180. The normalized spacial score (nSPS) is 15.6. The predicted molar refractivity (Wildman–Crippen MR) is 117 cm³/mol. The van der Waals surface area contributed by atoms with E-state index in [1.54, 1.807) is 17.7 Å². The van der Waals surface area contributed by atoms with E-state index < -0.39 is 17.4 Å². The van der Waals surface area contributed by atoms with Crippen LogP contribution in [0.5, 0.6) is 5.75 Å².